The smallest absolute Gasteiger partial charge is 0.323 e. The maximum absolute atomic E-state index is 11.0. The molecule has 0 heterocycles. The monoisotopic (exact) mass is 296 g/mol. The Morgan fingerprint density at radius 3 is 2.71 bits per heavy atom. The number of hydrogen-bond donors (Lipinski definition) is 2. The summed E-state index contributed by atoms with van der Waals surface area (Å²) in [5.41, 5.74) is 5.27. The van der Waals surface area contributed by atoms with Crippen molar-refractivity contribution in [3.05, 3.63) is 33.9 Å². The summed E-state index contributed by atoms with van der Waals surface area (Å²) < 4.78 is 5.49. The molecule has 0 radical (unpaired) electrons. The van der Waals surface area contributed by atoms with E-state index in [9.17, 15) is 14.9 Å². The average Bonchev–Trinajstić information content (AvgIpc) is 2.44. The molecule has 1 aromatic rings. The third-order valence-corrected chi connectivity index (χ3v) is 3.46. The fraction of sp³-hybridized carbons (Fsp3) is 0.500. The second-order valence-electron chi connectivity index (χ2n) is 4.97. The number of carboxylic acid groups (broad SMARTS) is 1. The van der Waals surface area contributed by atoms with Crippen molar-refractivity contribution < 1.29 is 19.6 Å². The maximum atomic E-state index is 11.0. The average molecular weight is 296 g/mol. The Hall–Kier alpha value is -2.15. The largest absolute Gasteiger partial charge is 0.493 e. The first-order chi connectivity index (χ1) is 9.80. The fourth-order valence-electron chi connectivity index (χ4n) is 1.86. The summed E-state index contributed by atoms with van der Waals surface area (Å²) in [6, 6.07) is 4.39. The molecular weight excluding hydrogens is 276 g/mol. The molecule has 0 bridgehead atoms. The highest BCUT2D eigenvalue weighted by atomic mass is 16.6. The molecule has 0 amide bonds. The fourth-order valence-corrected chi connectivity index (χ4v) is 1.86. The molecule has 21 heavy (non-hydrogen) atoms. The van der Waals surface area contributed by atoms with Crippen LogP contribution < -0.4 is 10.5 Å². The van der Waals surface area contributed by atoms with E-state index < -0.39 is 16.4 Å². The molecule has 0 fully saturated rings. The summed E-state index contributed by atoms with van der Waals surface area (Å²) >= 11 is 0. The number of non-ortho nitro benzene ring substituents is 1. The van der Waals surface area contributed by atoms with Crippen molar-refractivity contribution in [1.29, 1.82) is 0 Å². The Bertz CT molecular complexity index is 532. The van der Waals surface area contributed by atoms with Crippen molar-refractivity contribution in [1.82, 2.24) is 0 Å². The van der Waals surface area contributed by atoms with Crippen LogP contribution in [0.25, 0.3) is 0 Å². The normalized spacial score (nSPS) is 13.5. The number of nitrogens with zero attached hydrogens (tertiary/aromatic N) is 1. The Balaban J connectivity index is 2.59. The van der Waals surface area contributed by atoms with Crippen LogP contribution in [-0.2, 0) is 4.79 Å². The van der Waals surface area contributed by atoms with Gasteiger partial charge in [0.15, 0.2) is 0 Å². The number of nitrogens with two attached hydrogens (primary N) is 1. The van der Waals surface area contributed by atoms with Crippen molar-refractivity contribution in [2.45, 2.75) is 38.6 Å². The van der Waals surface area contributed by atoms with Crippen molar-refractivity contribution in [3.63, 3.8) is 0 Å². The molecular formula is C14H20N2O5. The van der Waals surface area contributed by atoms with Gasteiger partial charge in [-0.1, -0.05) is 6.92 Å². The third kappa shape index (κ3) is 4.42. The highest BCUT2D eigenvalue weighted by Gasteiger charge is 2.31. The zero-order chi connectivity index (χ0) is 16.0. The van der Waals surface area contributed by atoms with Crippen molar-refractivity contribution in [3.8, 4) is 5.75 Å². The van der Waals surface area contributed by atoms with Crippen LogP contribution in [0.5, 0.6) is 5.75 Å². The van der Waals surface area contributed by atoms with Gasteiger partial charge in [-0.05, 0) is 37.8 Å². The van der Waals surface area contributed by atoms with E-state index in [2.05, 4.69) is 0 Å². The molecule has 0 aliphatic carbocycles. The van der Waals surface area contributed by atoms with Gasteiger partial charge in [-0.3, -0.25) is 14.9 Å². The molecule has 1 aromatic carbocycles. The Morgan fingerprint density at radius 1 is 1.52 bits per heavy atom. The van der Waals surface area contributed by atoms with Crippen LogP contribution in [0, 0.1) is 17.0 Å². The van der Waals surface area contributed by atoms with Crippen LogP contribution in [-0.4, -0.2) is 28.1 Å². The molecule has 0 aliphatic rings. The summed E-state index contributed by atoms with van der Waals surface area (Å²) in [7, 11) is 0. The minimum absolute atomic E-state index is 0.0390. The quantitative estimate of drug-likeness (QED) is 0.432. The van der Waals surface area contributed by atoms with E-state index in [-0.39, 0.29) is 18.7 Å². The van der Waals surface area contributed by atoms with E-state index in [1.165, 1.54) is 12.1 Å². The summed E-state index contributed by atoms with van der Waals surface area (Å²) in [4.78, 5) is 21.3. The molecule has 0 aliphatic heterocycles. The predicted octanol–water partition coefficient (Wildman–Crippen LogP) is 2.25. The Labute approximate surface area is 122 Å². The van der Waals surface area contributed by atoms with E-state index in [1.807, 2.05) is 0 Å². The van der Waals surface area contributed by atoms with E-state index in [0.717, 1.165) is 5.56 Å². The predicted molar refractivity (Wildman–Crippen MR) is 77.4 cm³/mol. The van der Waals surface area contributed by atoms with Crippen LogP contribution in [0.1, 0.15) is 31.7 Å². The molecule has 0 spiro atoms. The van der Waals surface area contributed by atoms with Gasteiger partial charge in [-0.25, -0.2) is 0 Å². The number of nitro groups is 1. The molecule has 1 rings (SSSR count). The number of carboxylic acids is 1. The number of aliphatic carboxylic acids is 1. The van der Waals surface area contributed by atoms with Gasteiger partial charge in [-0.15, -0.1) is 0 Å². The van der Waals surface area contributed by atoms with Crippen LogP contribution in [0.3, 0.4) is 0 Å². The molecule has 0 saturated heterocycles. The summed E-state index contributed by atoms with van der Waals surface area (Å²) in [5.74, 6) is -0.602. The molecule has 116 valence electrons. The molecule has 0 aromatic heterocycles. The zero-order valence-electron chi connectivity index (χ0n) is 12.2. The van der Waals surface area contributed by atoms with Crippen LogP contribution in [0.4, 0.5) is 5.69 Å². The Morgan fingerprint density at radius 2 is 2.19 bits per heavy atom. The van der Waals surface area contributed by atoms with E-state index in [1.54, 1.807) is 19.9 Å². The highest BCUT2D eigenvalue weighted by molar-refractivity contribution is 5.78. The van der Waals surface area contributed by atoms with Gasteiger partial charge >= 0.3 is 5.97 Å². The number of ether oxygens (including phenoxy) is 1. The lowest BCUT2D eigenvalue weighted by Crippen LogP contribution is -2.47. The van der Waals surface area contributed by atoms with Gasteiger partial charge in [0, 0.05) is 6.07 Å². The van der Waals surface area contributed by atoms with Gasteiger partial charge in [0.1, 0.15) is 11.3 Å². The maximum Gasteiger partial charge on any atom is 0.323 e. The van der Waals surface area contributed by atoms with Crippen molar-refractivity contribution in [2.75, 3.05) is 6.61 Å². The number of hydrogen-bond acceptors (Lipinski definition) is 5. The Kier molecular flexibility index (Phi) is 5.66. The third-order valence-electron chi connectivity index (χ3n) is 3.46. The van der Waals surface area contributed by atoms with Gasteiger partial charge in [0.05, 0.1) is 17.6 Å². The standard InChI is InChI=1S/C14H20N2O5/c1-3-14(15,13(17)18)7-4-8-21-12-9-11(16(19)20)6-5-10(12)2/h5-6,9H,3-4,7-8,15H2,1-2H3,(H,17,18). The first kappa shape index (κ1) is 16.9. The van der Waals surface area contributed by atoms with Crippen LogP contribution in [0.15, 0.2) is 18.2 Å². The second kappa shape index (κ2) is 7.03. The number of rotatable bonds is 8. The van der Waals surface area contributed by atoms with Gasteiger partial charge < -0.3 is 15.6 Å². The van der Waals surface area contributed by atoms with Gasteiger partial charge in [-0.2, -0.15) is 0 Å². The summed E-state index contributed by atoms with van der Waals surface area (Å²) in [6.07, 6.45) is 1.07. The first-order valence-corrected chi connectivity index (χ1v) is 6.70. The van der Waals surface area contributed by atoms with Crippen LogP contribution >= 0.6 is 0 Å². The SMILES string of the molecule is CCC(N)(CCCOc1cc([N+](=O)[O-])ccc1C)C(=O)O. The lowest BCUT2D eigenvalue weighted by Gasteiger charge is -2.22. The van der Waals surface area contributed by atoms with Gasteiger partial charge in [0.25, 0.3) is 5.69 Å². The molecule has 0 saturated carbocycles. The first-order valence-electron chi connectivity index (χ1n) is 6.70. The number of nitro benzene ring substituents is 1. The topological polar surface area (TPSA) is 116 Å². The minimum Gasteiger partial charge on any atom is -0.493 e. The summed E-state index contributed by atoms with van der Waals surface area (Å²) in [6.45, 7) is 3.77. The van der Waals surface area contributed by atoms with Crippen molar-refractivity contribution in [2.24, 2.45) is 5.73 Å². The zero-order valence-corrected chi connectivity index (χ0v) is 12.2. The van der Waals surface area contributed by atoms with E-state index >= 15 is 0 Å². The number of aryl methyl sites for hydroxylation is 1. The highest BCUT2D eigenvalue weighted by Crippen LogP contribution is 2.24. The minimum atomic E-state index is -1.25. The number of carbonyl (C=O) groups is 1. The lowest BCUT2D eigenvalue weighted by molar-refractivity contribution is -0.384. The lowest BCUT2D eigenvalue weighted by atomic mass is 9.92. The van der Waals surface area contributed by atoms with Crippen molar-refractivity contribution >= 4 is 11.7 Å². The summed E-state index contributed by atoms with van der Waals surface area (Å²) in [5, 5.41) is 19.8. The molecule has 1 unspecified atom stereocenters. The number of benzene rings is 1. The van der Waals surface area contributed by atoms with E-state index in [0.29, 0.717) is 18.6 Å². The molecule has 7 nitrogen and oxygen atoms in total. The van der Waals surface area contributed by atoms with Gasteiger partial charge in [0.2, 0.25) is 0 Å². The molecule has 7 heteroatoms. The second-order valence-corrected chi connectivity index (χ2v) is 4.97. The molecule has 1 atom stereocenters. The van der Waals surface area contributed by atoms with E-state index in [4.69, 9.17) is 15.6 Å². The molecule has 3 N–H and O–H groups in total. The van der Waals surface area contributed by atoms with Crippen LogP contribution in [0.2, 0.25) is 0 Å².